The molecule has 3 heterocycles. The minimum atomic E-state index is -0.235. The molecular formula is C18H18ClN3O. The maximum absolute atomic E-state index is 12.1. The first-order chi connectivity index (χ1) is 11.1. The molecular weight excluding hydrogens is 310 g/mol. The topological polar surface area (TPSA) is 38.1 Å². The summed E-state index contributed by atoms with van der Waals surface area (Å²) in [7, 11) is 1.62. The second-order valence-corrected chi connectivity index (χ2v) is 6.62. The molecule has 1 aromatic carbocycles. The normalized spacial score (nSPS) is 23.0. The number of benzene rings is 1. The van der Waals surface area contributed by atoms with Crippen molar-refractivity contribution in [2.24, 2.45) is 7.05 Å². The maximum atomic E-state index is 12.1. The predicted octanol–water partition coefficient (Wildman–Crippen LogP) is 3.26. The van der Waals surface area contributed by atoms with Gasteiger partial charge in [0, 0.05) is 19.1 Å². The molecule has 1 saturated heterocycles. The average molecular weight is 328 g/mol. The Kier molecular flexibility index (Phi) is 3.49. The highest BCUT2D eigenvalue weighted by Gasteiger charge is 2.38. The Bertz CT molecular complexity index is 828. The zero-order valence-electron chi connectivity index (χ0n) is 12.9. The minimum absolute atomic E-state index is 0.235. The number of rotatable bonds is 2. The van der Waals surface area contributed by atoms with Gasteiger partial charge in [-0.2, -0.15) is 5.10 Å². The van der Waals surface area contributed by atoms with Gasteiger partial charge in [0.1, 0.15) is 5.02 Å². The minimum Gasteiger partial charge on any atom is -0.359 e. The summed E-state index contributed by atoms with van der Waals surface area (Å²) < 4.78 is 1.28. The number of anilines is 1. The van der Waals surface area contributed by atoms with Crippen molar-refractivity contribution in [1.82, 2.24) is 9.78 Å². The first kappa shape index (κ1) is 14.5. The van der Waals surface area contributed by atoms with Gasteiger partial charge in [-0.15, -0.1) is 0 Å². The van der Waals surface area contributed by atoms with E-state index in [-0.39, 0.29) is 16.6 Å². The van der Waals surface area contributed by atoms with Gasteiger partial charge in [-0.05, 0) is 30.4 Å². The van der Waals surface area contributed by atoms with Crippen LogP contribution in [0, 0.1) is 0 Å². The molecule has 5 heteroatoms. The first-order valence-corrected chi connectivity index (χ1v) is 8.29. The second-order valence-electron chi connectivity index (χ2n) is 6.24. The molecule has 0 aliphatic carbocycles. The summed E-state index contributed by atoms with van der Waals surface area (Å²) in [5, 5.41) is 4.42. The van der Waals surface area contributed by atoms with Crippen molar-refractivity contribution < 1.29 is 0 Å². The SMILES string of the molecule is Cn1ncc(N2[C@@H]3CC[C@@H]2C=C(c2ccccc2)C3)c(Cl)c1=O. The monoisotopic (exact) mass is 327 g/mol. The van der Waals surface area contributed by atoms with E-state index in [1.165, 1.54) is 15.8 Å². The fraction of sp³-hybridized carbons (Fsp3) is 0.333. The Morgan fingerprint density at radius 3 is 2.74 bits per heavy atom. The Morgan fingerprint density at radius 2 is 2.00 bits per heavy atom. The van der Waals surface area contributed by atoms with Gasteiger partial charge < -0.3 is 4.90 Å². The van der Waals surface area contributed by atoms with Crippen LogP contribution in [0.1, 0.15) is 24.8 Å². The fourth-order valence-corrected chi connectivity index (χ4v) is 4.02. The van der Waals surface area contributed by atoms with E-state index in [1.54, 1.807) is 13.2 Å². The third-order valence-corrected chi connectivity index (χ3v) is 5.23. The van der Waals surface area contributed by atoms with Crippen molar-refractivity contribution in [2.75, 3.05) is 4.90 Å². The van der Waals surface area contributed by atoms with Crippen LogP contribution in [0.4, 0.5) is 5.69 Å². The van der Waals surface area contributed by atoms with Gasteiger partial charge in [-0.1, -0.05) is 48.0 Å². The smallest absolute Gasteiger partial charge is 0.287 e. The van der Waals surface area contributed by atoms with Crippen LogP contribution in [0.3, 0.4) is 0 Å². The molecule has 2 bridgehead atoms. The lowest BCUT2D eigenvalue weighted by atomic mass is 9.94. The number of halogens is 1. The summed E-state index contributed by atoms with van der Waals surface area (Å²) >= 11 is 6.31. The first-order valence-electron chi connectivity index (χ1n) is 7.91. The molecule has 4 nitrogen and oxygen atoms in total. The highest BCUT2D eigenvalue weighted by atomic mass is 35.5. The molecule has 0 spiro atoms. The van der Waals surface area contributed by atoms with Crippen molar-refractivity contribution >= 4 is 22.9 Å². The number of hydrogen-bond acceptors (Lipinski definition) is 3. The maximum Gasteiger partial charge on any atom is 0.287 e. The molecule has 23 heavy (non-hydrogen) atoms. The van der Waals surface area contributed by atoms with Gasteiger partial charge in [0.05, 0.1) is 11.9 Å². The Morgan fingerprint density at radius 1 is 1.22 bits per heavy atom. The van der Waals surface area contributed by atoms with Gasteiger partial charge in [-0.3, -0.25) is 4.79 Å². The molecule has 2 aliphatic rings. The van der Waals surface area contributed by atoms with Crippen LogP contribution in [0.25, 0.3) is 5.57 Å². The van der Waals surface area contributed by atoms with E-state index in [9.17, 15) is 4.79 Å². The van der Waals surface area contributed by atoms with E-state index >= 15 is 0 Å². The van der Waals surface area contributed by atoms with Gasteiger partial charge in [0.25, 0.3) is 5.56 Å². The number of aromatic nitrogens is 2. The summed E-state index contributed by atoms with van der Waals surface area (Å²) in [6, 6.07) is 11.2. The molecule has 1 aromatic heterocycles. The molecule has 1 fully saturated rings. The lowest BCUT2D eigenvalue weighted by Crippen LogP contribution is -2.40. The van der Waals surface area contributed by atoms with Crippen LogP contribution in [0.2, 0.25) is 5.02 Å². The van der Waals surface area contributed by atoms with Crippen LogP contribution in [0.5, 0.6) is 0 Å². The molecule has 0 unspecified atom stereocenters. The summed E-state index contributed by atoms with van der Waals surface area (Å²) in [4.78, 5) is 14.4. The zero-order chi connectivity index (χ0) is 16.0. The van der Waals surface area contributed by atoms with Crippen molar-refractivity contribution in [3.63, 3.8) is 0 Å². The lowest BCUT2D eigenvalue weighted by Gasteiger charge is -2.36. The van der Waals surface area contributed by atoms with E-state index in [1.807, 2.05) is 6.07 Å². The van der Waals surface area contributed by atoms with Gasteiger partial charge in [-0.25, -0.2) is 4.68 Å². The van der Waals surface area contributed by atoms with Crippen LogP contribution in [-0.2, 0) is 7.05 Å². The zero-order valence-corrected chi connectivity index (χ0v) is 13.7. The van der Waals surface area contributed by atoms with Crippen molar-refractivity contribution in [2.45, 2.75) is 31.3 Å². The fourth-order valence-electron chi connectivity index (χ4n) is 3.75. The van der Waals surface area contributed by atoms with Gasteiger partial charge in [0.15, 0.2) is 0 Å². The molecule has 118 valence electrons. The van der Waals surface area contributed by atoms with E-state index in [0.717, 1.165) is 24.9 Å². The predicted molar refractivity (Wildman–Crippen MR) is 92.8 cm³/mol. The van der Waals surface area contributed by atoms with Crippen molar-refractivity contribution in [1.29, 1.82) is 0 Å². The number of fused-ring (bicyclic) bond motifs is 2. The van der Waals surface area contributed by atoms with E-state index in [0.29, 0.717) is 6.04 Å². The molecule has 0 saturated carbocycles. The molecule has 2 atom stereocenters. The summed E-state index contributed by atoms with van der Waals surface area (Å²) in [5.74, 6) is 0. The Hall–Kier alpha value is -2.07. The highest BCUT2D eigenvalue weighted by Crippen LogP contribution is 2.42. The van der Waals surface area contributed by atoms with E-state index in [4.69, 9.17) is 11.6 Å². The lowest BCUT2D eigenvalue weighted by molar-refractivity contribution is 0.645. The Balaban J connectivity index is 1.73. The quantitative estimate of drug-likeness (QED) is 0.849. The second kappa shape index (κ2) is 5.53. The third-order valence-electron chi connectivity index (χ3n) is 4.88. The molecule has 0 N–H and O–H groups in total. The number of nitrogens with zero attached hydrogens (tertiary/aromatic N) is 3. The summed E-state index contributed by atoms with van der Waals surface area (Å²) in [6.45, 7) is 0. The van der Waals surface area contributed by atoms with Crippen LogP contribution >= 0.6 is 11.6 Å². The number of aryl methyl sites for hydroxylation is 1. The summed E-state index contributed by atoms with van der Waals surface area (Å²) in [6.07, 6.45) is 7.23. The Labute approximate surface area is 140 Å². The van der Waals surface area contributed by atoms with Crippen LogP contribution < -0.4 is 10.5 Å². The van der Waals surface area contributed by atoms with Gasteiger partial charge in [0.2, 0.25) is 0 Å². The molecule has 4 rings (SSSR count). The molecule has 2 aliphatic heterocycles. The summed E-state index contributed by atoms with van der Waals surface area (Å²) in [5.41, 5.74) is 3.21. The molecule has 2 aromatic rings. The third kappa shape index (κ3) is 2.38. The largest absolute Gasteiger partial charge is 0.359 e. The van der Waals surface area contributed by atoms with Crippen molar-refractivity contribution in [3.8, 4) is 0 Å². The van der Waals surface area contributed by atoms with Crippen molar-refractivity contribution in [3.05, 3.63) is 63.5 Å². The van der Waals surface area contributed by atoms with Gasteiger partial charge >= 0.3 is 0 Å². The average Bonchev–Trinajstić information content (AvgIpc) is 2.83. The highest BCUT2D eigenvalue weighted by molar-refractivity contribution is 6.33. The van der Waals surface area contributed by atoms with Crippen LogP contribution in [-0.4, -0.2) is 21.9 Å². The van der Waals surface area contributed by atoms with E-state index in [2.05, 4.69) is 40.3 Å². The standard InChI is InChI=1S/C18H18ClN3O/c1-21-18(23)17(19)16(11-20-21)22-14-7-8-15(22)10-13(9-14)12-5-3-2-4-6-12/h2-6,9,11,14-15H,7-8,10H2,1H3/t14-,15-/m1/s1. The molecule has 0 amide bonds. The molecule has 0 radical (unpaired) electrons. The number of hydrogen-bond donors (Lipinski definition) is 0. The van der Waals surface area contributed by atoms with Crippen LogP contribution in [0.15, 0.2) is 47.4 Å². The van der Waals surface area contributed by atoms with E-state index < -0.39 is 0 Å².